The van der Waals surface area contributed by atoms with Crippen LogP contribution in [-0.4, -0.2) is 16.9 Å². The smallest absolute Gasteiger partial charge is 0.136 e. The van der Waals surface area contributed by atoms with E-state index >= 15 is 0 Å². The van der Waals surface area contributed by atoms with Crippen molar-refractivity contribution in [2.24, 2.45) is 5.92 Å². The van der Waals surface area contributed by atoms with Crippen molar-refractivity contribution in [1.29, 1.82) is 0 Å². The molecule has 0 aromatic heterocycles. The monoisotopic (exact) mass is 407 g/mol. The van der Waals surface area contributed by atoms with Gasteiger partial charge in [-0.3, -0.25) is 4.79 Å². The summed E-state index contributed by atoms with van der Waals surface area (Å²) in [5, 5.41) is 3.69. The zero-order valence-corrected chi connectivity index (χ0v) is 20.7. The highest BCUT2D eigenvalue weighted by Crippen LogP contribution is 2.34. The number of carbonyl (C=O) groups excluding carboxylic acids is 1. The first-order valence-electron chi connectivity index (χ1n) is 13.1. The van der Waals surface area contributed by atoms with Gasteiger partial charge in [0.25, 0.3) is 0 Å². The van der Waals surface area contributed by atoms with Crippen molar-refractivity contribution in [2.45, 2.75) is 161 Å². The van der Waals surface area contributed by atoms with Crippen LogP contribution in [0, 0.1) is 5.92 Å². The Kier molecular flexibility index (Phi) is 13.4. The molecule has 0 amide bonds. The van der Waals surface area contributed by atoms with E-state index in [-0.39, 0.29) is 17.0 Å². The van der Waals surface area contributed by atoms with Gasteiger partial charge >= 0.3 is 0 Å². The lowest BCUT2D eigenvalue weighted by Crippen LogP contribution is -2.58. The van der Waals surface area contributed by atoms with E-state index in [0.29, 0.717) is 5.78 Å². The quantitative estimate of drug-likeness (QED) is 0.245. The van der Waals surface area contributed by atoms with Gasteiger partial charge in [-0.1, -0.05) is 96.8 Å². The van der Waals surface area contributed by atoms with Crippen LogP contribution in [0.15, 0.2) is 0 Å². The summed E-state index contributed by atoms with van der Waals surface area (Å²) in [5.74, 6) is 0.773. The van der Waals surface area contributed by atoms with Crippen molar-refractivity contribution >= 4 is 5.78 Å². The summed E-state index contributed by atoms with van der Waals surface area (Å²) < 4.78 is 0. The van der Waals surface area contributed by atoms with E-state index in [4.69, 9.17) is 0 Å². The van der Waals surface area contributed by atoms with Crippen LogP contribution < -0.4 is 5.32 Å². The zero-order chi connectivity index (χ0) is 21.6. The number of ketones is 1. The van der Waals surface area contributed by atoms with Crippen LogP contribution in [0.4, 0.5) is 0 Å². The third kappa shape index (κ3) is 13.5. The Hall–Kier alpha value is -0.370. The molecule has 29 heavy (non-hydrogen) atoms. The molecular weight excluding hydrogens is 354 g/mol. The zero-order valence-electron chi connectivity index (χ0n) is 20.7. The third-order valence-electron chi connectivity index (χ3n) is 6.67. The fraction of sp³-hybridized carbons (Fsp3) is 0.963. The number of carbonyl (C=O) groups is 1. The molecule has 0 aliphatic carbocycles. The van der Waals surface area contributed by atoms with E-state index in [0.717, 1.165) is 25.7 Å². The van der Waals surface area contributed by atoms with Crippen molar-refractivity contribution in [3.05, 3.63) is 0 Å². The summed E-state index contributed by atoms with van der Waals surface area (Å²) in [6.45, 7) is 11.2. The molecule has 1 rings (SSSR count). The highest BCUT2D eigenvalue weighted by Gasteiger charge is 2.39. The molecule has 0 aromatic carbocycles. The highest BCUT2D eigenvalue weighted by atomic mass is 16.1. The lowest BCUT2D eigenvalue weighted by atomic mass is 9.73. The maximum Gasteiger partial charge on any atom is 0.136 e. The van der Waals surface area contributed by atoms with Crippen LogP contribution in [0.3, 0.4) is 0 Å². The van der Waals surface area contributed by atoms with Crippen LogP contribution in [0.5, 0.6) is 0 Å². The van der Waals surface area contributed by atoms with Crippen molar-refractivity contribution in [1.82, 2.24) is 5.32 Å². The molecule has 2 heteroatoms. The van der Waals surface area contributed by atoms with E-state index in [9.17, 15) is 4.79 Å². The Bertz CT molecular complexity index is 410. The van der Waals surface area contributed by atoms with Gasteiger partial charge in [-0.25, -0.2) is 0 Å². The summed E-state index contributed by atoms with van der Waals surface area (Å²) in [4.78, 5) is 12.7. The molecule has 1 heterocycles. The second-order valence-electron chi connectivity index (χ2n) is 11.2. The van der Waals surface area contributed by atoms with Crippen molar-refractivity contribution < 1.29 is 4.79 Å². The minimum atomic E-state index is 0.0805. The topological polar surface area (TPSA) is 29.1 Å². The van der Waals surface area contributed by atoms with Crippen molar-refractivity contribution in [3.63, 3.8) is 0 Å². The van der Waals surface area contributed by atoms with Crippen LogP contribution in [-0.2, 0) is 4.79 Å². The largest absolute Gasteiger partial charge is 0.307 e. The standard InChI is InChI=1S/C27H53NO/c1-6-7-8-9-10-11-12-13-14-15-16-17-18-19-20-21-25(29)24-22-26(2,3)28-27(4,5)23-24/h24,28H,6-23H2,1-5H3. The van der Waals surface area contributed by atoms with Crippen LogP contribution in [0.2, 0.25) is 0 Å². The van der Waals surface area contributed by atoms with E-state index in [2.05, 4.69) is 39.9 Å². The fourth-order valence-electron chi connectivity index (χ4n) is 5.42. The number of hydrogen-bond donors (Lipinski definition) is 1. The lowest BCUT2D eigenvalue weighted by molar-refractivity contribution is -0.125. The lowest BCUT2D eigenvalue weighted by Gasteiger charge is -2.46. The second-order valence-corrected chi connectivity index (χ2v) is 11.2. The molecule has 1 saturated heterocycles. The molecule has 1 aliphatic heterocycles. The van der Waals surface area contributed by atoms with Gasteiger partial charge < -0.3 is 5.32 Å². The van der Waals surface area contributed by atoms with Gasteiger partial charge in [-0.2, -0.15) is 0 Å². The van der Waals surface area contributed by atoms with Gasteiger partial charge in [0.15, 0.2) is 0 Å². The Balaban J connectivity index is 1.92. The van der Waals surface area contributed by atoms with Gasteiger partial charge in [0, 0.05) is 23.4 Å². The molecular formula is C27H53NO. The van der Waals surface area contributed by atoms with Crippen molar-refractivity contribution in [3.8, 4) is 0 Å². The van der Waals surface area contributed by atoms with E-state index in [1.165, 1.54) is 89.9 Å². The predicted molar refractivity (Wildman–Crippen MR) is 129 cm³/mol. The van der Waals surface area contributed by atoms with Gasteiger partial charge in [0.1, 0.15) is 5.78 Å². The Morgan fingerprint density at radius 1 is 0.655 bits per heavy atom. The normalized spacial score (nSPS) is 18.8. The van der Waals surface area contributed by atoms with E-state index < -0.39 is 0 Å². The van der Waals surface area contributed by atoms with Crippen LogP contribution in [0.1, 0.15) is 150 Å². The van der Waals surface area contributed by atoms with Crippen molar-refractivity contribution in [2.75, 3.05) is 0 Å². The van der Waals surface area contributed by atoms with Gasteiger partial charge in [0.2, 0.25) is 0 Å². The first-order valence-corrected chi connectivity index (χ1v) is 13.1. The summed E-state index contributed by atoms with van der Waals surface area (Å²) in [7, 11) is 0. The minimum Gasteiger partial charge on any atom is -0.307 e. The van der Waals surface area contributed by atoms with Gasteiger partial charge in [-0.15, -0.1) is 0 Å². The van der Waals surface area contributed by atoms with E-state index in [1.54, 1.807) is 0 Å². The molecule has 0 spiro atoms. The molecule has 1 N–H and O–H groups in total. The fourth-order valence-corrected chi connectivity index (χ4v) is 5.42. The molecule has 0 aromatic rings. The Labute approximate surface area is 183 Å². The molecule has 1 aliphatic rings. The molecule has 1 fully saturated rings. The molecule has 0 unspecified atom stereocenters. The minimum absolute atomic E-state index is 0.0805. The average molecular weight is 408 g/mol. The maximum absolute atomic E-state index is 12.7. The molecule has 0 bridgehead atoms. The van der Waals surface area contributed by atoms with Gasteiger partial charge in [0.05, 0.1) is 0 Å². The molecule has 0 radical (unpaired) electrons. The number of Topliss-reactive ketones (excluding diaryl/α,β-unsaturated/α-hetero) is 1. The first-order chi connectivity index (χ1) is 13.8. The summed E-state index contributed by atoms with van der Waals surface area (Å²) in [6, 6.07) is 0. The summed E-state index contributed by atoms with van der Waals surface area (Å²) >= 11 is 0. The average Bonchev–Trinajstić information content (AvgIpc) is 2.62. The summed E-state index contributed by atoms with van der Waals surface area (Å²) in [6.07, 6.45) is 23.5. The Morgan fingerprint density at radius 3 is 1.38 bits per heavy atom. The molecule has 0 saturated carbocycles. The van der Waals surface area contributed by atoms with E-state index in [1.807, 2.05) is 0 Å². The first kappa shape index (κ1) is 26.7. The molecule has 2 nitrogen and oxygen atoms in total. The number of unbranched alkanes of at least 4 members (excludes halogenated alkanes) is 14. The molecule has 172 valence electrons. The van der Waals surface area contributed by atoms with Crippen LogP contribution >= 0.6 is 0 Å². The predicted octanol–water partition coefficient (Wildman–Crippen LogP) is 8.37. The Morgan fingerprint density at radius 2 is 1.00 bits per heavy atom. The number of hydrogen-bond acceptors (Lipinski definition) is 2. The van der Waals surface area contributed by atoms with Gasteiger partial charge in [-0.05, 0) is 47.0 Å². The number of nitrogens with one attached hydrogen (secondary N) is 1. The van der Waals surface area contributed by atoms with Crippen LogP contribution in [0.25, 0.3) is 0 Å². The number of rotatable bonds is 17. The molecule has 0 atom stereocenters. The highest BCUT2D eigenvalue weighted by molar-refractivity contribution is 5.81. The third-order valence-corrected chi connectivity index (χ3v) is 6.67. The number of piperidine rings is 1. The SMILES string of the molecule is CCCCCCCCCCCCCCCCCC(=O)C1CC(C)(C)NC(C)(C)C1. The second kappa shape index (κ2) is 14.6. The summed E-state index contributed by atoms with van der Waals surface area (Å²) in [5.41, 5.74) is 0.161. The maximum atomic E-state index is 12.7.